The van der Waals surface area contributed by atoms with Crippen molar-refractivity contribution in [2.75, 3.05) is 13.2 Å². The van der Waals surface area contributed by atoms with Gasteiger partial charge in [-0.25, -0.2) is 4.98 Å². The van der Waals surface area contributed by atoms with Crippen molar-refractivity contribution in [1.82, 2.24) is 15.3 Å². The fourth-order valence-electron chi connectivity index (χ4n) is 1.26. The number of nitrogens with one attached hydrogen (secondary N) is 2. The first-order valence-corrected chi connectivity index (χ1v) is 5.53. The van der Waals surface area contributed by atoms with E-state index in [1.54, 1.807) is 0 Å². The molecular formula is C11H21N3O. The molecule has 0 aliphatic carbocycles. The molecule has 1 aromatic rings. The van der Waals surface area contributed by atoms with Gasteiger partial charge in [0, 0.05) is 25.0 Å². The number of imidazole rings is 1. The molecule has 0 atom stereocenters. The van der Waals surface area contributed by atoms with E-state index in [0.29, 0.717) is 12.5 Å². The van der Waals surface area contributed by atoms with Crippen molar-refractivity contribution in [3.05, 3.63) is 17.7 Å². The van der Waals surface area contributed by atoms with Crippen LogP contribution < -0.4 is 5.32 Å². The van der Waals surface area contributed by atoms with E-state index >= 15 is 0 Å². The normalized spacial score (nSPS) is 11.2. The first-order valence-electron chi connectivity index (χ1n) is 5.53. The van der Waals surface area contributed by atoms with Crippen LogP contribution in [0, 0.1) is 5.92 Å². The molecule has 0 unspecified atom stereocenters. The van der Waals surface area contributed by atoms with E-state index in [0.717, 1.165) is 31.2 Å². The monoisotopic (exact) mass is 211 g/mol. The van der Waals surface area contributed by atoms with Gasteiger partial charge in [0.05, 0.1) is 0 Å². The van der Waals surface area contributed by atoms with Gasteiger partial charge in [0.25, 0.3) is 0 Å². The molecule has 0 radical (unpaired) electrons. The van der Waals surface area contributed by atoms with Crippen LogP contribution in [0.2, 0.25) is 0 Å². The van der Waals surface area contributed by atoms with Crippen LogP contribution in [-0.4, -0.2) is 23.1 Å². The molecule has 0 aliphatic heterocycles. The quantitative estimate of drug-likeness (QED) is 0.721. The average molecular weight is 211 g/mol. The van der Waals surface area contributed by atoms with Gasteiger partial charge in [-0.1, -0.05) is 13.8 Å². The molecule has 1 rings (SSSR count). The Kier molecular flexibility index (Phi) is 5.36. The van der Waals surface area contributed by atoms with Crippen LogP contribution in [-0.2, 0) is 17.9 Å². The standard InChI is InChI=1S/C11H21N3O/c1-4-15-8-11-13-7-10(14-11)6-12-5-9(2)3/h7,9,12H,4-6,8H2,1-3H3,(H,13,14). The van der Waals surface area contributed by atoms with Gasteiger partial charge >= 0.3 is 0 Å². The van der Waals surface area contributed by atoms with E-state index < -0.39 is 0 Å². The zero-order valence-corrected chi connectivity index (χ0v) is 9.84. The molecule has 86 valence electrons. The number of nitrogens with zero attached hydrogens (tertiary/aromatic N) is 1. The number of H-pyrrole nitrogens is 1. The predicted octanol–water partition coefficient (Wildman–Crippen LogP) is 1.69. The summed E-state index contributed by atoms with van der Waals surface area (Å²) in [7, 11) is 0. The van der Waals surface area contributed by atoms with Gasteiger partial charge < -0.3 is 15.0 Å². The maximum Gasteiger partial charge on any atom is 0.132 e. The van der Waals surface area contributed by atoms with Gasteiger partial charge in [-0.05, 0) is 19.4 Å². The van der Waals surface area contributed by atoms with Gasteiger partial charge in [0.2, 0.25) is 0 Å². The first-order chi connectivity index (χ1) is 7.22. The van der Waals surface area contributed by atoms with Crippen molar-refractivity contribution in [3.63, 3.8) is 0 Å². The average Bonchev–Trinajstić information content (AvgIpc) is 2.62. The van der Waals surface area contributed by atoms with E-state index in [4.69, 9.17) is 4.74 Å². The van der Waals surface area contributed by atoms with Gasteiger partial charge in [-0.15, -0.1) is 0 Å². The fraction of sp³-hybridized carbons (Fsp3) is 0.727. The molecule has 2 N–H and O–H groups in total. The lowest BCUT2D eigenvalue weighted by Crippen LogP contribution is -2.19. The van der Waals surface area contributed by atoms with Crippen molar-refractivity contribution in [1.29, 1.82) is 0 Å². The van der Waals surface area contributed by atoms with Crippen molar-refractivity contribution >= 4 is 0 Å². The summed E-state index contributed by atoms with van der Waals surface area (Å²) in [5.74, 6) is 1.58. The summed E-state index contributed by atoms with van der Waals surface area (Å²) in [4.78, 5) is 7.45. The molecule has 1 heterocycles. The number of aromatic amines is 1. The number of rotatable bonds is 7. The van der Waals surface area contributed by atoms with E-state index in [-0.39, 0.29) is 0 Å². The Labute approximate surface area is 91.4 Å². The second kappa shape index (κ2) is 6.58. The van der Waals surface area contributed by atoms with Crippen molar-refractivity contribution in [3.8, 4) is 0 Å². The zero-order chi connectivity index (χ0) is 11.1. The Morgan fingerprint density at radius 2 is 2.33 bits per heavy atom. The Hall–Kier alpha value is -0.870. The van der Waals surface area contributed by atoms with Crippen LogP contribution in [0.4, 0.5) is 0 Å². The minimum atomic E-state index is 0.570. The lowest BCUT2D eigenvalue weighted by Gasteiger charge is -2.05. The highest BCUT2D eigenvalue weighted by molar-refractivity contribution is 5.00. The molecule has 15 heavy (non-hydrogen) atoms. The van der Waals surface area contributed by atoms with Gasteiger partial charge in [-0.3, -0.25) is 0 Å². The summed E-state index contributed by atoms with van der Waals surface area (Å²) < 4.78 is 5.26. The third-order valence-corrected chi connectivity index (χ3v) is 1.99. The van der Waals surface area contributed by atoms with E-state index in [1.165, 1.54) is 0 Å². The second-order valence-corrected chi connectivity index (χ2v) is 4.02. The summed E-state index contributed by atoms with van der Waals surface area (Å²) in [6.45, 7) is 9.54. The molecule has 4 heteroatoms. The maximum atomic E-state index is 5.26. The molecular weight excluding hydrogens is 190 g/mol. The van der Waals surface area contributed by atoms with Crippen molar-refractivity contribution in [2.24, 2.45) is 5.92 Å². The third kappa shape index (κ3) is 4.95. The molecule has 0 aliphatic rings. The van der Waals surface area contributed by atoms with E-state index in [2.05, 4.69) is 29.1 Å². The third-order valence-electron chi connectivity index (χ3n) is 1.99. The Bertz CT molecular complexity index is 271. The summed E-state index contributed by atoms with van der Waals surface area (Å²) >= 11 is 0. The van der Waals surface area contributed by atoms with Crippen LogP contribution in [0.3, 0.4) is 0 Å². The maximum absolute atomic E-state index is 5.26. The predicted molar refractivity (Wildman–Crippen MR) is 60.5 cm³/mol. The van der Waals surface area contributed by atoms with Crippen molar-refractivity contribution < 1.29 is 4.74 Å². The molecule has 0 aromatic carbocycles. The SMILES string of the molecule is CCOCc1ncc(CNCC(C)C)[nH]1. The van der Waals surface area contributed by atoms with Gasteiger partial charge in [0.15, 0.2) is 0 Å². The largest absolute Gasteiger partial charge is 0.374 e. The molecule has 0 spiro atoms. The topological polar surface area (TPSA) is 49.9 Å². The number of hydrogen-bond donors (Lipinski definition) is 2. The lowest BCUT2D eigenvalue weighted by molar-refractivity contribution is 0.129. The van der Waals surface area contributed by atoms with Crippen LogP contribution in [0.5, 0.6) is 0 Å². The summed E-state index contributed by atoms with van der Waals surface area (Å²) in [5, 5.41) is 3.36. The van der Waals surface area contributed by atoms with E-state index in [9.17, 15) is 0 Å². The van der Waals surface area contributed by atoms with Crippen LogP contribution >= 0.6 is 0 Å². The van der Waals surface area contributed by atoms with Crippen LogP contribution in [0.1, 0.15) is 32.3 Å². The second-order valence-electron chi connectivity index (χ2n) is 4.02. The highest BCUT2D eigenvalue weighted by Crippen LogP contribution is 1.99. The fourth-order valence-corrected chi connectivity index (χ4v) is 1.26. The molecule has 1 aromatic heterocycles. The van der Waals surface area contributed by atoms with Crippen molar-refractivity contribution in [2.45, 2.75) is 33.9 Å². The lowest BCUT2D eigenvalue weighted by atomic mass is 10.2. The van der Waals surface area contributed by atoms with E-state index in [1.807, 2.05) is 13.1 Å². The highest BCUT2D eigenvalue weighted by atomic mass is 16.5. The van der Waals surface area contributed by atoms with Gasteiger partial charge in [-0.2, -0.15) is 0 Å². The smallest absolute Gasteiger partial charge is 0.132 e. The Morgan fingerprint density at radius 1 is 1.53 bits per heavy atom. The molecule has 0 fully saturated rings. The summed E-state index contributed by atoms with van der Waals surface area (Å²) in [6.07, 6.45) is 1.86. The summed E-state index contributed by atoms with van der Waals surface area (Å²) in [5.41, 5.74) is 1.12. The minimum absolute atomic E-state index is 0.570. The zero-order valence-electron chi connectivity index (χ0n) is 9.84. The number of ether oxygens (including phenoxy) is 1. The molecule has 0 saturated carbocycles. The summed E-state index contributed by atoms with van der Waals surface area (Å²) in [6, 6.07) is 0. The van der Waals surface area contributed by atoms with Gasteiger partial charge in [0.1, 0.15) is 12.4 Å². The molecule has 0 amide bonds. The Balaban J connectivity index is 2.26. The molecule has 0 bridgehead atoms. The molecule has 4 nitrogen and oxygen atoms in total. The highest BCUT2D eigenvalue weighted by Gasteiger charge is 2.00. The number of hydrogen-bond acceptors (Lipinski definition) is 3. The van der Waals surface area contributed by atoms with Crippen LogP contribution in [0.15, 0.2) is 6.20 Å². The first kappa shape index (κ1) is 12.2. The number of aromatic nitrogens is 2. The Morgan fingerprint density at radius 3 is 3.00 bits per heavy atom. The minimum Gasteiger partial charge on any atom is -0.374 e. The molecule has 0 saturated heterocycles. The van der Waals surface area contributed by atoms with Crippen LogP contribution in [0.25, 0.3) is 0 Å².